The van der Waals surface area contributed by atoms with Crippen LogP contribution in [0, 0.1) is 0 Å². The molecule has 1 aromatic rings. The quantitative estimate of drug-likeness (QED) is 0.327. The molecule has 0 unspecified atom stereocenters. The molecule has 0 aromatic carbocycles. The third-order valence-corrected chi connectivity index (χ3v) is 1.43. The van der Waals surface area contributed by atoms with E-state index in [9.17, 15) is 0 Å². The van der Waals surface area contributed by atoms with Gasteiger partial charge in [0.05, 0.1) is 7.05 Å². The Labute approximate surface area is 64.5 Å². The van der Waals surface area contributed by atoms with E-state index in [1.54, 1.807) is 4.57 Å². The number of hydrogen-bond donors (Lipinski definition) is 1. The van der Waals surface area contributed by atoms with Crippen molar-refractivity contribution >= 4 is 29.2 Å². The number of hydrogen-bond acceptors (Lipinski definition) is 1. The van der Waals surface area contributed by atoms with Gasteiger partial charge in [-0.2, -0.15) is 4.57 Å². The highest BCUT2D eigenvalue weighted by Gasteiger charge is 2.00. The maximum atomic E-state index is 4.79. The van der Waals surface area contributed by atoms with Crippen LogP contribution < -0.4 is 4.57 Å². The second-order valence-electron chi connectivity index (χ2n) is 1.77. The summed E-state index contributed by atoms with van der Waals surface area (Å²) >= 11 is 8.77. The first-order valence-corrected chi connectivity index (χ1v) is 3.32. The fraction of sp³-hybridized carbons (Fsp3) is 0.200. The van der Waals surface area contributed by atoms with Gasteiger partial charge in [-0.05, 0) is 12.2 Å². The second kappa shape index (κ2) is 2.49. The first kappa shape index (κ1) is 6.77. The van der Waals surface area contributed by atoms with Gasteiger partial charge in [0.2, 0.25) is 10.6 Å². The third-order valence-electron chi connectivity index (χ3n) is 0.990. The standard InChI is InChI=1S/C5H6N2S2/c1-6-2-3-7(4-6)5(8)9/h2-4H,1H3/p+1. The lowest BCUT2D eigenvalue weighted by Gasteiger charge is -1.82. The SMILES string of the molecule is C[n+]1ccn(C(=S)S)c1. The molecule has 0 saturated heterocycles. The minimum atomic E-state index is 0.565. The Morgan fingerprint density at radius 1 is 1.78 bits per heavy atom. The first-order chi connectivity index (χ1) is 4.20. The predicted molar refractivity (Wildman–Crippen MR) is 42.6 cm³/mol. The van der Waals surface area contributed by atoms with E-state index in [0.717, 1.165) is 0 Å². The van der Waals surface area contributed by atoms with Gasteiger partial charge in [0, 0.05) is 0 Å². The van der Waals surface area contributed by atoms with Crippen LogP contribution >= 0.6 is 24.8 Å². The van der Waals surface area contributed by atoms with Crippen LogP contribution in [-0.4, -0.2) is 8.89 Å². The number of imidazole rings is 1. The summed E-state index contributed by atoms with van der Waals surface area (Å²) in [6, 6.07) is 0. The number of aryl methyl sites for hydroxylation is 1. The molecule has 9 heavy (non-hydrogen) atoms. The van der Waals surface area contributed by atoms with Gasteiger partial charge < -0.3 is 0 Å². The van der Waals surface area contributed by atoms with Gasteiger partial charge in [-0.25, -0.2) is 4.57 Å². The maximum Gasteiger partial charge on any atom is 0.249 e. The molecule has 1 heterocycles. The number of rotatable bonds is 0. The van der Waals surface area contributed by atoms with Crippen molar-refractivity contribution in [2.45, 2.75) is 0 Å². The Kier molecular flexibility index (Phi) is 1.87. The van der Waals surface area contributed by atoms with Gasteiger partial charge in [0.25, 0.3) is 0 Å². The number of aromatic nitrogens is 2. The zero-order chi connectivity index (χ0) is 6.85. The summed E-state index contributed by atoms with van der Waals surface area (Å²) < 4.78 is 4.23. The van der Waals surface area contributed by atoms with E-state index in [1.807, 2.05) is 30.3 Å². The molecular weight excluding hydrogens is 152 g/mol. The molecule has 1 rings (SSSR count). The highest BCUT2D eigenvalue weighted by molar-refractivity contribution is 8.11. The van der Waals surface area contributed by atoms with Gasteiger partial charge in [-0.1, -0.05) is 12.6 Å². The van der Waals surface area contributed by atoms with Crippen LogP contribution in [0.5, 0.6) is 0 Å². The first-order valence-electron chi connectivity index (χ1n) is 2.46. The van der Waals surface area contributed by atoms with Gasteiger partial charge in [0.15, 0.2) is 0 Å². The predicted octanol–water partition coefficient (Wildman–Crippen LogP) is 0.375. The highest BCUT2D eigenvalue weighted by atomic mass is 32.1. The fourth-order valence-corrected chi connectivity index (χ4v) is 0.790. The minimum absolute atomic E-state index is 0.565. The zero-order valence-corrected chi connectivity index (χ0v) is 6.69. The molecule has 4 heteroatoms. The summed E-state index contributed by atoms with van der Waals surface area (Å²) in [6.07, 6.45) is 5.62. The summed E-state index contributed by atoms with van der Waals surface area (Å²) in [5.74, 6) is 0. The van der Waals surface area contributed by atoms with E-state index in [1.165, 1.54) is 0 Å². The van der Waals surface area contributed by atoms with Crippen LogP contribution in [0.4, 0.5) is 0 Å². The monoisotopic (exact) mass is 159 g/mol. The van der Waals surface area contributed by atoms with Crippen LogP contribution in [0.15, 0.2) is 18.7 Å². The topological polar surface area (TPSA) is 8.81 Å². The Balaban J connectivity index is 2.98. The molecule has 0 radical (unpaired) electrons. The Morgan fingerprint density at radius 3 is 2.67 bits per heavy atom. The molecule has 0 aliphatic carbocycles. The van der Waals surface area contributed by atoms with Crippen molar-refractivity contribution in [3.8, 4) is 0 Å². The third kappa shape index (κ3) is 1.53. The molecule has 0 N–H and O–H groups in total. The van der Waals surface area contributed by atoms with Crippen LogP contribution in [0.1, 0.15) is 0 Å². The van der Waals surface area contributed by atoms with Crippen molar-refractivity contribution < 1.29 is 4.57 Å². The average Bonchev–Trinajstić information content (AvgIpc) is 2.14. The molecule has 0 bridgehead atoms. The number of thiol groups is 1. The molecule has 0 saturated carbocycles. The van der Waals surface area contributed by atoms with E-state index in [0.29, 0.717) is 4.32 Å². The van der Waals surface area contributed by atoms with Crippen LogP contribution in [0.2, 0.25) is 0 Å². The number of thiocarbonyl (C=S) groups is 1. The summed E-state index contributed by atoms with van der Waals surface area (Å²) in [5, 5.41) is 0. The van der Waals surface area contributed by atoms with Crippen molar-refractivity contribution in [2.24, 2.45) is 7.05 Å². The van der Waals surface area contributed by atoms with Gasteiger partial charge in [-0.3, -0.25) is 0 Å². The van der Waals surface area contributed by atoms with Crippen molar-refractivity contribution in [2.75, 3.05) is 0 Å². The zero-order valence-electron chi connectivity index (χ0n) is 4.98. The van der Waals surface area contributed by atoms with Crippen LogP contribution in [0.3, 0.4) is 0 Å². The van der Waals surface area contributed by atoms with E-state index in [4.69, 9.17) is 12.2 Å². The Morgan fingerprint density at radius 2 is 2.44 bits per heavy atom. The van der Waals surface area contributed by atoms with Crippen LogP contribution in [-0.2, 0) is 7.05 Å². The molecule has 0 amide bonds. The lowest BCUT2D eigenvalue weighted by atomic mass is 10.9. The molecule has 48 valence electrons. The van der Waals surface area contributed by atoms with E-state index in [-0.39, 0.29) is 0 Å². The molecule has 1 aromatic heterocycles. The molecule has 0 atom stereocenters. The van der Waals surface area contributed by atoms with Gasteiger partial charge in [0.1, 0.15) is 12.4 Å². The van der Waals surface area contributed by atoms with Crippen molar-refractivity contribution in [1.82, 2.24) is 4.57 Å². The smallest absolute Gasteiger partial charge is 0.239 e. The average molecular weight is 159 g/mol. The maximum absolute atomic E-state index is 4.79. The summed E-state index contributed by atoms with van der Waals surface area (Å²) in [4.78, 5) is 0. The van der Waals surface area contributed by atoms with Crippen molar-refractivity contribution in [1.29, 1.82) is 0 Å². The fourth-order valence-electron chi connectivity index (χ4n) is 0.563. The van der Waals surface area contributed by atoms with E-state index >= 15 is 0 Å². The Bertz CT molecular complexity index is 229. The normalized spacial score (nSPS) is 9.56. The molecule has 2 nitrogen and oxygen atoms in total. The second-order valence-corrected chi connectivity index (χ2v) is 2.88. The van der Waals surface area contributed by atoms with Crippen molar-refractivity contribution in [3.63, 3.8) is 0 Å². The van der Waals surface area contributed by atoms with E-state index < -0.39 is 0 Å². The molecule has 0 aliphatic heterocycles. The molecule has 0 aliphatic rings. The van der Waals surface area contributed by atoms with Gasteiger partial charge >= 0.3 is 0 Å². The summed E-state index contributed by atoms with van der Waals surface area (Å²) in [5.41, 5.74) is 0. The molecular formula is C5H7N2S2+. The lowest BCUT2D eigenvalue weighted by molar-refractivity contribution is -0.670. The van der Waals surface area contributed by atoms with Gasteiger partial charge in [-0.15, -0.1) is 0 Å². The largest absolute Gasteiger partial charge is 0.249 e. The molecule has 0 fully saturated rings. The van der Waals surface area contributed by atoms with E-state index in [2.05, 4.69) is 12.6 Å². The van der Waals surface area contributed by atoms with Crippen LogP contribution in [0.25, 0.3) is 0 Å². The molecule has 0 spiro atoms. The Hall–Kier alpha value is -0.350. The number of nitrogens with zero attached hydrogens (tertiary/aromatic N) is 2. The summed E-state index contributed by atoms with van der Waals surface area (Å²) in [6.45, 7) is 0. The highest BCUT2D eigenvalue weighted by Crippen LogP contribution is 1.88. The minimum Gasteiger partial charge on any atom is -0.239 e. The summed E-state index contributed by atoms with van der Waals surface area (Å²) in [7, 11) is 1.93. The van der Waals surface area contributed by atoms with Crippen molar-refractivity contribution in [3.05, 3.63) is 18.7 Å². The lowest BCUT2D eigenvalue weighted by Crippen LogP contribution is -2.24.